The topological polar surface area (TPSA) is 43.1 Å². The minimum absolute atomic E-state index is 0.166. The molecule has 0 spiro atoms. The number of carbonyl (C=O) groups excluding carboxylic acids is 1. The summed E-state index contributed by atoms with van der Waals surface area (Å²) in [5.41, 5.74) is 0.652. The number of rotatable bonds is 2. The van der Waals surface area contributed by atoms with Crippen molar-refractivity contribution >= 4 is 40.0 Å². The van der Waals surface area contributed by atoms with Crippen molar-refractivity contribution in [3.05, 3.63) is 64.1 Å². The molecule has 19 heavy (non-hydrogen) atoms. The molecule has 0 saturated carbocycles. The molecule has 0 unspecified atom stereocenters. The van der Waals surface area contributed by atoms with Crippen molar-refractivity contribution in [2.75, 3.05) is 0 Å². The fourth-order valence-electron chi connectivity index (χ4n) is 1.81. The Hall–Kier alpha value is -1.84. The van der Waals surface area contributed by atoms with Gasteiger partial charge in [0.2, 0.25) is 5.78 Å². The van der Waals surface area contributed by atoms with Gasteiger partial charge in [-0.25, -0.2) is 0 Å². The number of furan rings is 1. The lowest BCUT2D eigenvalue weighted by molar-refractivity contribution is 0.101. The molecule has 2 heterocycles. The van der Waals surface area contributed by atoms with Crippen LogP contribution in [0.2, 0.25) is 10.0 Å². The van der Waals surface area contributed by atoms with Gasteiger partial charge < -0.3 is 4.42 Å². The fourth-order valence-corrected chi connectivity index (χ4v) is 2.24. The second-order valence-electron chi connectivity index (χ2n) is 3.93. The van der Waals surface area contributed by atoms with E-state index in [-0.39, 0.29) is 17.2 Å². The number of carbonyl (C=O) groups is 1. The second kappa shape index (κ2) is 4.68. The van der Waals surface area contributed by atoms with Gasteiger partial charge in [-0.2, -0.15) is 0 Å². The summed E-state index contributed by atoms with van der Waals surface area (Å²) in [6.07, 6.45) is 1.51. The van der Waals surface area contributed by atoms with Crippen LogP contribution in [0.3, 0.4) is 0 Å². The molecule has 1 aromatic carbocycles. The van der Waals surface area contributed by atoms with Crippen LogP contribution in [-0.2, 0) is 0 Å². The molecular formula is C14H7Cl2NO2. The van der Waals surface area contributed by atoms with Crippen LogP contribution in [0, 0.1) is 0 Å². The van der Waals surface area contributed by atoms with Crippen LogP contribution in [0.25, 0.3) is 11.0 Å². The first-order valence-corrected chi connectivity index (χ1v) is 6.25. The number of hydrogen-bond donors (Lipinski definition) is 0. The van der Waals surface area contributed by atoms with Gasteiger partial charge in [0, 0.05) is 11.6 Å². The smallest absolute Gasteiger partial charge is 0.248 e. The third-order valence-electron chi connectivity index (χ3n) is 2.69. The molecule has 3 rings (SSSR count). The van der Waals surface area contributed by atoms with Gasteiger partial charge in [-0.3, -0.25) is 9.78 Å². The normalized spacial score (nSPS) is 10.8. The van der Waals surface area contributed by atoms with Gasteiger partial charge in [-0.05, 0) is 24.3 Å². The van der Waals surface area contributed by atoms with Gasteiger partial charge in [0.1, 0.15) is 5.69 Å². The monoisotopic (exact) mass is 291 g/mol. The Bertz CT molecular complexity index is 780. The summed E-state index contributed by atoms with van der Waals surface area (Å²) in [7, 11) is 0. The van der Waals surface area contributed by atoms with Crippen molar-refractivity contribution in [1.29, 1.82) is 0 Å². The predicted molar refractivity (Wildman–Crippen MR) is 73.9 cm³/mol. The third-order valence-corrected chi connectivity index (χ3v) is 3.30. The molecule has 0 N–H and O–H groups in total. The molecule has 0 radical (unpaired) electrons. The summed E-state index contributed by atoms with van der Waals surface area (Å²) in [6, 6.07) is 10.2. The Labute approximate surface area is 118 Å². The number of benzene rings is 1. The Morgan fingerprint density at radius 2 is 1.89 bits per heavy atom. The largest absolute Gasteiger partial charge is 0.451 e. The number of pyridine rings is 1. The quantitative estimate of drug-likeness (QED) is 0.659. The van der Waals surface area contributed by atoms with Crippen molar-refractivity contribution in [3.8, 4) is 0 Å². The number of ketones is 1. The Morgan fingerprint density at radius 3 is 2.63 bits per heavy atom. The summed E-state index contributed by atoms with van der Waals surface area (Å²) in [5, 5.41) is 1.52. The van der Waals surface area contributed by atoms with E-state index in [1.54, 1.807) is 30.3 Å². The lowest BCUT2D eigenvalue weighted by atomic mass is 10.2. The van der Waals surface area contributed by atoms with Crippen molar-refractivity contribution in [3.63, 3.8) is 0 Å². The van der Waals surface area contributed by atoms with E-state index in [0.29, 0.717) is 15.6 Å². The number of fused-ring (bicyclic) bond motifs is 1. The molecule has 0 aliphatic heterocycles. The molecular weight excluding hydrogens is 285 g/mol. The van der Waals surface area contributed by atoms with Crippen molar-refractivity contribution < 1.29 is 9.21 Å². The van der Waals surface area contributed by atoms with E-state index in [1.807, 2.05) is 6.07 Å². The number of aromatic nitrogens is 1. The lowest BCUT2D eigenvalue weighted by Gasteiger charge is -1.98. The molecule has 94 valence electrons. The summed E-state index contributed by atoms with van der Waals surface area (Å²) in [5.74, 6) is -0.193. The molecule has 0 bridgehead atoms. The molecule has 0 amide bonds. The zero-order valence-electron chi connectivity index (χ0n) is 9.56. The maximum Gasteiger partial charge on any atom is 0.248 e. The van der Waals surface area contributed by atoms with E-state index in [2.05, 4.69) is 4.98 Å². The first kappa shape index (κ1) is 12.2. The second-order valence-corrected chi connectivity index (χ2v) is 4.75. The van der Waals surface area contributed by atoms with E-state index in [1.165, 1.54) is 6.20 Å². The maximum atomic E-state index is 12.3. The van der Waals surface area contributed by atoms with E-state index < -0.39 is 0 Å². The predicted octanol–water partition coefficient (Wildman–Crippen LogP) is 4.37. The summed E-state index contributed by atoms with van der Waals surface area (Å²) >= 11 is 12.0. The van der Waals surface area contributed by atoms with E-state index in [0.717, 1.165) is 5.39 Å². The Balaban J connectivity index is 2.12. The lowest BCUT2D eigenvalue weighted by Crippen LogP contribution is -2.03. The molecule has 0 saturated heterocycles. The van der Waals surface area contributed by atoms with Crippen LogP contribution in [-0.4, -0.2) is 10.8 Å². The molecule has 5 heteroatoms. The molecule has 3 nitrogen and oxygen atoms in total. The molecule has 0 aliphatic rings. The number of nitrogens with zero attached hydrogens (tertiary/aromatic N) is 1. The third kappa shape index (κ3) is 2.11. The Kier molecular flexibility index (Phi) is 3.01. The van der Waals surface area contributed by atoms with Crippen LogP contribution in [0.4, 0.5) is 0 Å². The SMILES string of the molecule is O=C(c1cc2cccc(Cl)c2o1)c1ncccc1Cl. The van der Waals surface area contributed by atoms with E-state index in [9.17, 15) is 4.79 Å². The molecule has 2 aromatic heterocycles. The summed E-state index contributed by atoms with van der Waals surface area (Å²) in [6.45, 7) is 0. The molecule has 0 aliphatic carbocycles. The standard InChI is InChI=1S/C14H7Cl2NO2/c15-9-5-2-6-17-12(9)13(18)11-7-8-3-1-4-10(16)14(8)19-11/h1-7H. The van der Waals surface area contributed by atoms with E-state index >= 15 is 0 Å². The summed E-state index contributed by atoms with van der Waals surface area (Å²) in [4.78, 5) is 16.2. The van der Waals surface area contributed by atoms with Gasteiger partial charge in [0.25, 0.3) is 0 Å². The Morgan fingerprint density at radius 1 is 1.11 bits per heavy atom. The molecule has 3 aromatic rings. The first-order chi connectivity index (χ1) is 9.16. The highest BCUT2D eigenvalue weighted by molar-refractivity contribution is 6.35. The van der Waals surface area contributed by atoms with Gasteiger partial charge in [0.15, 0.2) is 11.3 Å². The first-order valence-electron chi connectivity index (χ1n) is 5.50. The van der Waals surface area contributed by atoms with Crippen LogP contribution in [0.15, 0.2) is 47.0 Å². The van der Waals surface area contributed by atoms with Gasteiger partial charge >= 0.3 is 0 Å². The highest BCUT2D eigenvalue weighted by Gasteiger charge is 2.19. The maximum absolute atomic E-state index is 12.3. The van der Waals surface area contributed by atoms with Crippen molar-refractivity contribution in [2.24, 2.45) is 0 Å². The average Bonchev–Trinajstić information content (AvgIpc) is 2.84. The zero-order chi connectivity index (χ0) is 13.4. The van der Waals surface area contributed by atoms with Gasteiger partial charge in [-0.15, -0.1) is 0 Å². The average molecular weight is 292 g/mol. The van der Waals surface area contributed by atoms with Gasteiger partial charge in [0.05, 0.1) is 10.0 Å². The minimum Gasteiger partial charge on any atom is -0.451 e. The van der Waals surface area contributed by atoms with Crippen LogP contribution in [0.5, 0.6) is 0 Å². The highest BCUT2D eigenvalue weighted by atomic mass is 35.5. The van der Waals surface area contributed by atoms with Crippen molar-refractivity contribution in [2.45, 2.75) is 0 Å². The molecule has 0 atom stereocenters. The van der Waals surface area contributed by atoms with Crippen LogP contribution >= 0.6 is 23.2 Å². The fraction of sp³-hybridized carbons (Fsp3) is 0. The van der Waals surface area contributed by atoms with Crippen molar-refractivity contribution in [1.82, 2.24) is 4.98 Å². The number of hydrogen-bond acceptors (Lipinski definition) is 3. The number of para-hydroxylation sites is 1. The molecule has 0 fully saturated rings. The minimum atomic E-state index is -0.363. The zero-order valence-corrected chi connectivity index (χ0v) is 11.1. The summed E-state index contributed by atoms with van der Waals surface area (Å²) < 4.78 is 5.49. The highest BCUT2D eigenvalue weighted by Crippen LogP contribution is 2.28. The van der Waals surface area contributed by atoms with Gasteiger partial charge in [-0.1, -0.05) is 35.3 Å². The van der Waals surface area contributed by atoms with Crippen LogP contribution in [0.1, 0.15) is 16.2 Å². The number of halogens is 2. The van der Waals surface area contributed by atoms with E-state index in [4.69, 9.17) is 27.6 Å². The van der Waals surface area contributed by atoms with Crippen LogP contribution < -0.4 is 0 Å².